The molecule has 150 valence electrons. The van der Waals surface area contributed by atoms with Gasteiger partial charge >= 0.3 is 0 Å². The maximum Gasteiger partial charge on any atom is 0.264 e. The summed E-state index contributed by atoms with van der Waals surface area (Å²) in [7, 11) is 0. The predicted molar refractivity (Wildman–Crippen MR) is 117 cm³/mol. The molecule has 1 aromatic heterocycles. The quantitative estimate of drug-likeness (QED) is 0.506. The van der Waals surface area contributed by atoms with E-state index < -0.39 is 0 Å². The van der Waals surface area contributed by atoms with Crippen molar-refractivity contribution in [2.24, 2.45) is 0 Å². The number of nitrogens with zero attached hydrogens (tertiary/aromatic N) is 1. The van der Waals surface area contributed by atoms with Crippen LogP contribution in [0.2, 0.25) is 0 Å². The highest BCUT2D eigenvalue weighted by Gasteiger charge is 2.14. The molecule has 4 aromatic rings. The maximum absolute atomic E-state index is 12.3. The van der Waals surface area contributed by atoms with Crippen molar-refractivity contribution >= 4 is 33.1 Å². The monoisotopic (exact) mass is 418 g/mol. The number of benzene rings is 3. The summed E-state index contributed by atoms with van der Waals surface area (Å²) in [4.78, 5) is 16.8. The fraction of sp³-hybridized carbons (Fsp3) is 0.130. The third kappa shape index (κ3) is 3.92. The van der Waals surface area contributed by atoms with Gasteiger partial charge in [-0.1, -0.05) is 30.3 Å². The molecule has 1 amide bonds. The maximum atomic E-state index is 12.3. The van der Waals surface area contributed by atoms with Crippen molar-refractivity contribution in [2.45, 2.75) is 0 Å². The first-order chi connectivity index (χ1) is 14.7. The number of anilines is 1. The first-order valence-electron chi connectivity index (χ1n) is 9.52. The summed E-state index contributed by atoms with van der Waals surface area (Å²) in [5.41, 5.74) is 1.67. The Morgan fingerprint density at radius 1 is 1.00 bits per heavy atom. The van der Waals surface area contributed by atoms with Gasteiger partial charge in [0.05, 0.1) is 5.69 Å². The summed E-state index contributed by atoms with van der Waals surface area (Å²) in [5, 5.41) is 7.40. The Hall–Kier alpha value is -3.58. The van der Waals surface area contributed by atoms with Gasteiger partial charge in [-0.25, -0.2) is 4.98 Å². The number of hydrogen-bond donors (Lipinski definition) is 1. The van der Waals surface area contributed by atoms with Crippen LogP contribution in [0.1, 0.15) is 0 Å². The van der Waals surface area contributed by atoms with Crippen LogP contribution < -0.4 is 19.5 Å². The van der Waals surface area contributed by atoms with Gasteiger partial charge in [-0.2, -0.15) is 0 Å². The molecule has 0 aliphatic carbocycles. The summed E-state index contributed by atoms with van der Waals surface area (Å²) >= 11 is 1.36. The zero-order valence-electron chi connectivity index (χ0n) is 16.0. The summed E-state index contributed by atoms with van der Waals surface area (Å²) in [6.45, 7) is 1.00. The van der Waals surface area contributed by atoms with E-state index in [1.807, 2.05) is 66.0 Å². The third-order valence-corrected chi connectivity index (χ3v) is 5.44. The van der Waals surface area contributed by atoms with Gasteiger partial charge in [0.2, 0.25) is 0 Å². The van der Waals surface area contributed by atoms with E-state index in [2.05, 4.69) is 10.3 Å². The lowest BCUT2D eigenvalue weighted by Gasteiger charge is -2.18. The first kappa shape index (κ1) is 18.4. The van der Waals surface area contributed by atoms with Crippen molar-refractivity contribution < 1.29 is 19.0 Å². The highest BCUT2D eigenvalue weighted by Crippen LogP contribution is 2.35. The molecule has 1 aliphatic heterocycles. The van der Waals surface area contributed by atoms with Crippen LogP contribution in [0, 0.1) is 0 Å². The highest BCUT2D eigenvalue weighted by molar-refractivity contribution is 7.14. The molecule has 0 fully saturated rings. The Morgan fingerprint density at radius 3 is 2.73 bits per heavy atom. The summed E-state index contributed by atoms with van der Waals surface area (Å²) in [6, 6.07) is 19.5. The standard InChI is InChI=1S/C23H18N2O4S/c26-22(13-29-18-7-5-15-3-1-2-4-16(15)11-18)25-23-24-19(14-30-23)17-6-8-20-21(12-17)28-10-9-27-20/h1-8,11-12,14H,9-10,13H2,(H,24,25,26). The molecule has 0 saturated heterocycles. The van der Waals surface area contributed by atoms with Crippen LogP contribution in [0.15, 0.2) is 66.0 Å². The number of amides is 1. The van der Waals surface area contributed by atoms with Gasteiger partial charge in [-0.15, -0.1) is 11.3 Å². The molecular weight excluding hydrogens is 400 g/mol. The van der Waals surface area contributed by atoms with E-state index >= 15 is 0 Å². The SMILES string of the molecule is O=C(COc1ccc2ccccc2c1)Nc1nc(-c2ccc3c(c2)OCCO3)cs1. The lowest BCUT2D eigenvalue weighted by atomic mass is 10.1. The van der Waals surface area contributed by atoms with Crippen molar-refractivity contribution in [3.05, 3.63) is 66.0 Å². The number of aromatic nitrogens is 1. The molecule has 30 heavy (non-hydrogen) atoms. The molecule has 0 saturated carbocycles. The molecule has 0 bridgehead atoms. The molecule has 3 aromatic carbocycles. The molecule has 1 N–H and O–H groups in total. The highest BCUT2D eigenvalue weighted by atomic mass is 32.1. The minimum absolute atomic E-state index is 0.0860. The zero-order chi connectivity index (χ0) is 20.3. The molecule has 0 atom stereocenters. The molecule has 0 spiro atoms. The molecule has 0 unspecified atom stereocenters. The van der Waals surface area contributed by atoms with E-state index in [0.29, 0.717) is 29.8 Å². The number of nitrogens with one attached hydrogen (secondary N) is 1. The van der Waals surface area contributed by atoms with E-state index in [4.69, 9.17) is 14.2 Å². The van der Waals surface area contributed by atoms with Crippen molar-refractivity contribution in [1.82, 2.24) is 4.98 Å². The molecule has 6 nitrogen and oxygen atoms in total. The van der Waals surface area contributed by atoms with E-state index in [9.17, 15) is 4.79 Å². The zero-order valence-corrected chi connectivity index (χ0v) is 16.8. The predicted octanol–water partition coefficient (Wildman–Crippen LogP) is 4.75. The average molecular weight is 418 g/mol. The number of hydrogen-bond acceptors (Lipinski definition) is 6. The number of rotatable bonds is 5. The van der Waals surface area contributed by atoms with Gasteiger partial charge in [0.15, 0.2) is 23.2 Å². The van der Waals surface area contributed by atoms with Crippen molar-refractivity contribution in [1.29, 1.82) is 0 Å². The number of thiazole rings is 1. The van der Waals surface area contributed by atoms with Crippen LogP contribution in [0.5, 0.6) is 17.2 Å². The fourth-order valence-electron chi connectivity index (χ4n) is 3.23. The molecule has 5 rings (SSSR count). The van der Waals surface area contributed by atoms with Crippen LogP contribution >= 0.6 is 11.3 Å². The van der Waals surface area contributed by atoms with E-state index in [1.54, 1.807) is 0 Å². The first-order valence-corrected chi connectivity index (χ1v) is 10.4. The van der Waals surface area contributed by atoms with Crippen molar-refractivity contribution in [3.8, 4) is 28.5 Å². The minimum Gasteiger partial charge on any atom is -0.486 e. The van der Waals surface area contributed by atoms with E-state index in [0.717, 1.165) is 27.8 Å². The Bertz CT molecular complexity index is 1220. The second-order valence-corrected chi connectivity index (χ2v) is 7.60. The van der Waals surface area contributed by atoms with E-state index in [-0.39, 0.29) is 12.5 Å². The number of ether oxygens (including phenoxy) is 3. The Balaban J connectivity index is 1.22. The van der Waals surface area contributed by atoms with Gasteiger partial charge < -0.3 is 14.2 Å². The van der Waals surface area contributed by atoms with Gasteiger partial charge in [-0.05, 0) is 41.1 Å². The summed E-state index contributed by atoms with van der Waals surface area (Å²) in [5.74, 6) is 1.84. The Labute approximate surface area is 177 Å². The molecule has 7 heteroatoms. The van der Waals surface area contributed by atoms with Crippen LogP contribution in [0.3, 0.4) is 0 Å². The smallest absolute Gasteiger partial charge is 0.264 e. The molecule has 2 heterocycles. The van der Waals surface area contributed by atoms with Gasteiger partial charge in [0, 0.05) is 10.9 Å². The fourth-order valence-corrected chi connectivity index (χ4v) is 3.96. The van der Waals surface area contributed by atoms with E-state index in [1.165, 1.54) is 11.3 Å². The molecular formula is C23H18N2O4S. The molecule has 0 radical (unpaired) electrons. The second-order valence-electron chi connectivity index (χ2n) is 6.74. The van der Waals surface area contributed by atoms with Crippen LogP contribution in [-0.4, -0.2) is 30.7 Å². The second kappa shape index (κ2) is 8.04. The summed E-state index contributed by atoms with van der Waals surface area (Å²) in [6.07, 6.45) is 0. The topological polar surface area (TPSA) is 69.7 Å². The number of fused-ring (bicyclic) bond motifs is 2. The van der Waals surface area contributed by atoms with Crippen LogP contribution in [0.4, 0.5) is 5.13 Å². The van der Waals surface area contributed by atoms with Gasteiger partial charge in [0.25, 0.3) is 5.91 Å². The van der Waals surface area contributed by atoms with Crippen molar-refractivity contribution in [3.63, 3.8) is 0 Å². The number of carbonyl (C=O) groups excluding carboxylic acids is 1. The van der Waals surface area contributed by atoms with Crippen LogP contribution in [0.25, 0.3) is 22.0 Å². The minimum atomic E-state index is -0.258. The third-order valence-electron chi connectivity index (χ3n) is 4.68. The number of carbonyl (C=O) groups is 1. The van der Waals surface area contributed by atoms with Crippen LogP contribution in [-0.2, 0) is 4.79 Å². The lowest BCUT2D eigenvalue weighted by Crippen LogP contribution is -2.20. The average Bonchev–Trinajstić information content (AvgIpc) is 3.25. The molecule has 1 aliphatic rings. The normalized spacial score (nSPS) is 12.5. The Kier molecular flexibility index (Phi) is 4.94. The van der Waals surface area contributed by atoms with Gasteiger partial charge in [-0.3, -0.25) is 10.1 Å². The lowest BCUT2D eigenvalue weighted by molar-refractivity contribution is -0.118. The summed E-state index contributed by atoms with van der Waals surface area (Å²) < 4.78 is 16.8. The largest absolute Gasteiger partial charge is 0.486 e. The Morgan fingerprint density at radius 2 is 1.83 bits per heavy atom. The van der Waals surface area contributed by atoms with Gasteiger partial charge in [0.1, 0.15) is 19.0 Å². The van der Waals surface area contributed by atoms with Crippen molar-refractivity contribution in [2.75, 3.05) is 25.1 Å².